The number of halogens is 1. The minimum atomic E-state index is -0.591. The van der Waals surface area contributed by atoms with E-state index in [9.17, 15) is 9.18 Å². The Bertz CT molecular complexity index is 569. The topological polar surface area (TPSA) is 55.6 Å². The number of rotatable bonds is 3. The molecule has 2 aliphatic rings. The highest BCUT2D eigenvalue weighted by atomic mass is 19.1. The monoisotopic (exact) mass is 320 g/mol. The van der Waals surface area contributed by atoms with Crippen LogP contribution in [0.2, 0.25) is 0 Å². The largest absolute Gasteiger partial charge is 0.381 e. The first-order chi connectivity index (χ1) is 11.0. The van der Waals surface area contributed by atoms with E-state index in [1.54, 1.807) is 12.1 Å². The summed E-state index contributed by atoms with van der Waals surface area (Å²) in [7, 11) is 0. The molecule has 1 aromatic carbocycles. The van der Waals surface area contributed by atoms with Gasteiger partial charge in [-0.15, -0.1) is 0 Å². The van der Waals surface area contributed by atoms with Crippen molar-refractivity contribution < 1.29 is 13.9 Å². The molecule has 5 heteroatoms. The van der Waals surface area contributed by atoms with E-state index >= 15 is 0 Å². The average molecular weight is 320 g/mol. The molecule has 3 rings (SSSR count). The third kappa shape index (κ3) is 3.00. The van der Waals surface area contributed by atoms with Crippen LogP contribution in [0.4, 0.5) is 4.39 Å². The molecule has 0 radical (unpaired) electrons. The summed E-state index contributed by atoms with van der Waals surface area (Å²) in [5.41, 5.74) is 6.18. The quantitative estimate of drug-likeness (QED) is 0.927. The van der Waals surface area contributed by atoms with E-state index in [1.165, 1.54) is 12.1 Å². The maximum atomic E-state index is 13.3. The molecule has 0 aromatic heterocycles. The number of amides is 1. The molecule has 1 aromatic rings. The van der Waals surface area contributed by atoms with Crippen molar-refractivity contribution in [3.63, 3.8) is 0 Å². The molecule has 0 saturated carbocycles. The normalized spacial score (nSPS) is 27.2. The smallest absolute Gasteiger partial charge is 0.233 e. The fourth-order valence-electron chi connectivity index (χ4n) is 3.78. The van der Waals surface area contributed by atoms with Crippen molar-refractivity contribution in [3.8, 4) is 0 Å². The van der Waals surface area contributed by atoms with Crippen LogP contribution in [0.15, 0.2) is 24.3 Å². The van der Waals surface area contributed by atoms with Crippen LogP contribution in [0.25, 0.3) is 0 Å². The molecule has 2 aliphatic heterocycles. The van der Waals surface area contributed by atoms with E-state index in [1.807, 2.05) is 4.90 Å². The van der Waals surface area contributed by atoms with Gasteiger partial charge in [0, 0.05) is 26.3 Å². The fourth-order valence-corrected chi connectivity index (χ4v) is 3.78. The van der Waals surface area contributed by atoms with E-state index in [4.69, 9.17) is 10.5 Å². The van der Waals surface area contributed by atoms with E-state index in [0.29, 0.717) is 39.1 Å². The summed E-state index contributed by atoms with van der Waals surface area (Å²) < 4.78 is 18.8. The molecule has 1 amide bonds. The molecule has 0 spiro atoms. The number of nitrogens with two attached hydrogens (primary N) is 1. The Balaban J connectivity index is 1.90. The zero-order valence-corrected chi connectivity index (χ0v) is 13.7. The van der Waals surface area contributed by atoms with Gasteiger partial charge in [-0.05, 0) is 48.9 Å². The van der Waals surface area contributed by atoms with Gasteiger partial charge in [0.15, 0.2) is 0 Å². The zero-order valence-electron chi connectivity index (χ0n) is 13.7. The van der Waals surface area contributed by atoms with Crippen LogP contribution in [-0.4, -0.2) is 43.7 Å². The maximum Gasteiger partial charge on any atom is 0.233 e. The molecular formula is C18H25FN2O2. The lowest BCUT2D eigenvalue weighted by molar-refractivity contribution is -0.140. The van der Waals surface area contributed by atoms with Gasteiger partial charge in [-0.1, -0.05) is 19.1 Å². The Hall–Kier alpha value is -1.46. The van der Waals surface area contributed by atoms with E-state index in [2.05, 4.69) is 6.92 Å². The number of hydrogen-bond acceptors (Lipinski definition) is 3. The van der Waals surface area contributed by atoms with Gasteiger partial charge in [0.25, 0.3) is 0 Å². The summed E-state index contributed by atoms with van der Waals surface area (Å²) in [6.45, 7) is 5.29. The molecule has 2 heterocycles. The zero-order chi connectivity index (χ0) is 16.5. The first-order valence-corrected chi connectivity index (χ1v) is 8.32. The first-order valence-electron chi connectivity index (χ1n) is 8.32. The molecular weight excluding hydrogens is 295 g/mol. The van der Waals surface area contributed by atoms with Crippen molar-refractivity contribution in [1.82, 2.24) is 4.90 Å². The number of nitrogens with zero attached hydrogens (tertiary/aromatic N) is 1. The summed E-state index contributed by atoms with van der Waals surface area (Å²) in [4.78, 5) is 15.3. The number of benzene rings is 1. The summed E-state index contributed by atoms with van der Waals surface area (Å²) >= 11 is 0. The van der Waals surface area contributed by atoms with Gasteiger partial charge >= 0.3 is 0 Å². The van der Waals surface area contributed by atoms with E-state index in [-0.39, 0.29) is 17.1 Å². The average Bonchev–Trinajstić information content (AvgIpc) is 2.98. The second kappa shape index (κ2) is 6.21. The molecule has 2 saturated heterocycles. The van der Waals surface area contributed by atoms with Crippen LogP contribution in [0, 0.1) is 11.2 Å². The van der Waals surface area contributed by atoms with Gasteiger partial charge < -0.3 is 15.4 Å². The SMILES string of the molecule is CC1(CN)CCN(C(=O)C2(c3ccc(F)cc3)CCOCC2)C1. The second-order valence-corrected chi connectivity index (χ2v) is 7.19. The van der Waals surface area contributed by atoms with Crippen molar-refractivity contribution >= 4 is 5.91 Å². The minimum Gasteiger partial charge on any atom is -0.381 e. The highest BCUT2D eigenvalue weighted by Gasteiger charge is 2.47. The molecule has 0 aliphatic carbocycles. The highest BCUT2D eigenvalue weighted by molar-refractivity contribution is 5.88. The number of ether oxygens (including phenoxy) is 1. The summed E-state index contributed by atoms with van der Waals surface area (Å²) in [6.07, 6.45) is 2.23. The molecule has 1 unspecified atom stereocenters. The predicted molar refractivity (Wildman–Crippen MR) is 86.5 cm³/mol. The minimum absolute atomic E-state index is 0.00477. The van der Waals surface area contributed by atoms with Gasteiger partial charge in [0.1, 0.15) is 5.82 Å². The van der Waals surface area contributed by atoms with Gasteiger partial charge in [0.2, 0.25) is 5.91 Å². The van der Waals surface area contributed by atoms with Crippen LogP contribution >= 0.6 is 0 Å². The maximum absolute atomic E-state index is 13.3. The lowest BCUT2D eigenvalue weighted by Gasteiger charge is -2.39. The van der Waals surface area contributed by atoms with Gasteiger partial charge in [-0.2, -0.15) is 0 Å². The van der Waals surface area contributed by atoms with Gasteiger partial charge in [-0.25, -0.2) is 4.39 Å². The molecule has 4 nitrogen and oxygen atoms in total. The fraction of sp³-hybridized carbons (Fsp3) is 0.611. The Kier molecular flexibility index (Phi) is 4.43. The standard InChI is InChI=1S/C18H25FN2O2/c1-17(12-20)6-9-21(13-17)16(22)18(7-10-23-11-8-18)14-2-4-15(19)5-3-14/h2-5H,6-13,20H2,1H3. The molecule has 0 bridgehead atoms. The van der Waals surface area contributed by atoms with E-state index in [0.717, 1.165) is 18.5 Å². The number of carbonyl (C=O) groups excluding carboxylic acids is 1. The number of carbonyl (C=O) groups is 1. The third-order valence-corrected chi connectivity index (χ3v) is 5.49. The highest BCUT2D eigenvalue weighted by Crippen LogP contribution is 2.39. The molecule has 126 valence electrons. The lowest BCUT2D eigenvalue weighted by Crippen LogP contribution is -2.50. The van der Waals surface area contributed by atoms with Crippen molar-refractivity contribution in [2.45, 2.75) is 31.6 Å². The first kappa shape index (κ1) is 16.4. The van der Waals surface area contributed by atoms with Crippen LogP contribution in [-0.2, 0) is 14.9 Å². The van der Waals surface area contributed by atoms with Crippen LogP contribution in [0.1, 0.15) is 31.7 Å². The Labute approximate surface area is 136 Å². The molecule has 2 fully saturated rings. The third-order valence-electron chi connectivity index (χ3n) is 5.49. The summed E-state index contributed by atoms with van der Waals surface area (Å²) in [5.74, 6) is -0.134. The van der Waals surface area contributed by atoms with Crippen LogP contribution in [0.3, 0.4) is 0 Å². The Morgan fingerprint density at radius 1 is 1.26 bits per heavy atom. The Morgan fingerprint density at radius 2 is 1.91 bits per heavy atom. The molecule has 2 N–H and O–H groups in total. The van der Waals surface area contributed by atoms with Crippen molar-refractivity contribution in [2.24, 2.45) is 11.1 Å². The molecule has 1 atom stereocenters. The van der Waals surface area contributed by atoms with Gasteiger partial charge in [0.05, 0.1) is 5.41 Å². The van der Waals surface area contributed by atoms with Crippen molar-refractivity contribution in [3.05, 3.63) is 35.6 Å². The molecule has 23 heavy (non-hydrogen) atoms. The summed E-state index contributed by atoms with van der Waals surface area (Å²) in [5, 5.41) is 0. The lowest BCUT2D eigenvalue weighted by atomic mass is 9.73. The Morgan fingerprint density at radius 3 is 2.48 bits per heavy atom. The van der Waals surface area contributed by atoms with Crippen LogP contribution in [0.5, 0.6) is 0 Å². The number of hydrogen-bond donors (Lipinski definition) is 1. The van der Waals surface area contributed by atoms with Gasteiger partial charge in [-0.3, -0.25) is 4.79 Å². The second-order valence-electron chi connectivity index (χ2n) is 7.19. The van der Waals surface area contributed by atoms with Crippen molar-refractivity contribution in [2.75, 3.05) is 32.8 Å². The number of likely N-dealkylation sites (tertiary alicyclic amines) is 1. The van der Waals surface area contributed by atoms with E-state index < -0.39 is 5.41 Å². The van der Waals surface area contributed by atoms with Crippen LogP contribution < -0.4 is 5.73 Å². The van der Waals surface area contributed by atoms with Crippen molar-refractivity contribution in [1.29, 1.82) is 0 Å². The predicted octanol–water partition coefficient (Wildman–Crippen LogP) is 2.07. The summed E-state index contributed by atoms with van der Waals surface area (Å²) in [6, 6.07) is 6.37.